The standard InChI is InChI=1S/C19H16ClN5O/c1-13-15-9-5-6-10-16(15)19-22-21-17(25(19)23-13)12-24(18(26)11-20)14-7-3-2-4-8-14/h2-10H,11-12H2,1H3. The summed E-state index contributed by atoms with van der Waals surface area (Å²) in [6.45, 7) is 2.19. The second-order valence-corrected chi connectivity index (χ2v) is 6.20. The molecule has 0 saturated heterocycles. The summed E-state index contributed by atoms with van der Waals surface area (Å²) in [7, 11) is 0. The lowest BCUT2D eigenvalue weighted by Crippen LogP contribution is -2.32. The zero-order valence-electron chi connectivity index (χ0n) is 14.1. The van der Waals surface area contributed by atoms with Crippen LogP contribution in [0, 0.1) is 6.92 Å². The topological polar surface area (TPSA) is 63.4 Å². The van der Waals surface area contributed by atoms with Gasteiger partial charge in [-0.3, -0.25) is 4.79 Å². The highest BCUT2D eigenvalue weighted by molar-refractivity contribution is 6.29. The third-order valence-corrected chi connectivity index (χ3v) is 4.52. The molecule has 4 aromatic rings. The summed E-state index contributed by atoms with van der Waals surface area (Å²) in [6, 6.07) is 17.3. The Morgan fingerprint density at radius 1 is 1.04 bits per heavy atom. The third kappa shape index (κ3) is 2.78. The number of para-hydroxylation sites is 1. The minimum atomic E-state index is -0.202. The predicted octanol–water partition coefficient (Wildman–Crippen LogP) is 3.36. The molecule has 0 atom stereocenters. The van der Waals surface area contributed by atoms with Crippen molar-refractivity contribution in [1.82, 2.24) is 19.8 Å². The molecule has 7 heteroatoms. The number of hydrogen-bond acceptors (Lipinski definition) is 4. The van der Waals surface area contributed by atoms with Crippen LogP contribution in [0.25, 0.3) is 16.4 Å². The van der Waals surface area contributed by atoms with Crippen molar-refractivity contribution >= 4 is 39.6 Å². The van der Waals surface area contributed by atoms with Crippen LogP contribution in [0.3, 0.4) is 0 Å². The average molecular weight is 366 g/mol. The molecule has 26 heavy (non-hydrogen) atoms. The molecule has 130 valence electrons. The van der Waals surface area contributed by atoms with E-state index in [1.807, 2.05) is 61.5 Å². The molecule has 1 amide bonds. The second kappa shape index (κ2) is 6.72. The van der Waals surface area contributed by atoms with Crippen molar-refractivity contribution in [3.8, 4) is 0 Å². The van der Waals surface area contributed by atoms with Crippen LogP contribution in [0.4, 0.5) is 5.69 Å². The number of aromatic nitrogens is 4. The zero-order valence-corrected chi connectivity index (χ0v) is 14.9. The summed E-state index contributed by atoms with van der Waals surface area (Å²) < 4.78 is 1.70. The summed E-state index contributed by atoms with van der Waals surface area (Å²) in [4.78, 5) is 14.0. The van der Waals surface area contributed by atoms with E-state index < -0.39 is 0 Å². The molecule has 0 fully saturated rings. The first-order valence-electron chi connectivity index (χ1n) is 8.20. The largest absolute Gasteiger partial charge is 0.304 e. The van der Waals surface area contributed by atoms with Crippen molar-refractivity contribution < 1.29 is 4.79 Å². The monoisotopic (exact) mass is 365 g/mol. The maximum Gasteiger partial charge on any atom is 0.242 e. The molecule has 0 unspecified atom stereocenters. The van der Waals surface area contributed by atoms with Crippen LogP contribution in [0.2, 0.25) is 0 Å². The molecular weight excluding hydrogens is 350 g/mol. The molecular formula is C19H16ClN5O. The Labute approximate surface area is 155 Å². The van der Waals surface area contributed by atoms with Gasteiger partial charge in [0.25, 0.3) is 0 Å². The van der Waals surface area contributed by atoms with Crippen LogP contribution >= 0.6 is 11.6 Å². The van der Waals surface area contributed by atoms with Gasteiger partial charge >= 0.3 is 0 Å². The van der Waals surface area contributed by atoms with Gasteiger partial charge in [-0.15, -0.1) is 21.8 Å². The van der Waals surface area contributed by atoms with Gasteiger partial charge in [0, 0.05) is 16.5 Å². The van der Waals surface area contributed by atoms with Gasteiger partial charge in [-0.05, 0) is 19.1 Å². The van der Waals surface area contributed by atoms with Gasteiger partial charge in [-0.1, -0.05) is 42.5 Å². The van der Waals surface area contributed by atoms with E-state index in [1.54, 1.807) is 9.42 Å². The van der Waals surface area contributed by atoms with Crippen LogP contribution in [-0.4, -0.2) is 31.6 Å². The maximum atomic E-state index is 12.4. The Morgan fingerprint density at radius 3 is 2.46 bits per heavy atom. The molecule has 2 aromatic heterocycles. The van der Waals surface area contributed by atoms with Gasteiger partial charge in [-0.25, -0.2) is 0 Å². The van der Waals surface area contributed by atoms with Crippen molar-refractivity contribution in [2.45, 2.75) is 13.5 Å². The number of amides is 1. The van der Waals surface area contributed by atoms with Crippen molar-refractivity contribution in [2.75, 3.05) is 10.8 Å². The van der Waals surface area contributed by atoms with Crippen LogP contribution in [0.5, 0.6) is 0 Å². The van der Waals surface area contributed by atoms with Crippen LogP contribution < -0.4 is 4.90 Å². The Morgan fingerprint density at radius 2 is 1.73 bits per heavy atom. The third-order valence-electron chi connectivity index (χ3n) is 4.30. The van der Waals surface area contributed by atoms with Gasteiger partial charge < -0.3 is 4.90 Å². The van der Waals surface area contributed by atoms with E-state index in [0.29, 0.717) is 11.5 Å². The number of benzene rings is 2. The molecule has 0 bridgehead atoms. The van der Waals surface area contributed by atoms with Crippen molar-refractivity contribution in [3.05, 3.63) is 66.1 Å². The molecule has 0 radical (unpaired) electrons. The first kappa shape index (κ1) is 16.5. The molecule has 6 nitrogen and oxygen atoms in total. The maximum absolute atomic E-state index is 12.4. The Bertz CT molecular complexity index is 1090. The number of fused-ring (bicyclic) bond motifs is 3. The predicted molar refractivity (Wildman–Crippen MR) is 101 cm³/mol. The van der Waals surface area contributed by atoms with Crippen molar-refractivity contribution in [3.63, 3.8) is 0 Å². The molecule has 0 aliphatic heterocycles. The highest BCUT2D eigenvalue weighted by Gasteiger charge is 2.20. The van der Waals surface area contributed by atoms with Gasteiger partial charge in [-0.2, -0.15) is 9.61 Å². The van der Waals surface area contributed by atoms with Gasteiger partial charge in [0.15, 0.2) is 11.5 Å². The van der Waals surface area contributed by atoms with Crippen LogP contribution in [-0.2, 0) is 11.3 Å². The minimum absolute atomic E-state index is 0.110. The van der Waals surface area contributed by atoms with Crippen LogP contribution in [0.1, 0.15) is 11.5 Å². The lowest BCUT2D eigenvalue weighted by molar-refractivity contribution is -0.116. The Kier molecular flexibility index (Phi) is 4.26. The number of carbonyl (C=O) groups is 1. The number of nitrogens with zero attached hydrogens (tertiary/aromatic N) is 5. The number of halogens is 1. The van der Waals surface area contributed by atoms with E-state index in [-0.39, 0.29) is 18.3 Å². The molecule has 2 aromatic carbocycles. The quantitative estimate of drug-likeness (QED) is 0.520. The van der Waals surface area contributed by atoms with Crippen molar-refractivity contribution in [2.24, 2.45) is 0 Å². The van der Waals surface area contributed by atoms with Gasteiger partial charge in [0.05, 0.1) is 12.2 Å². The minimum Gasteiger partial charge on any atom is -0.304 e. The first-order valence-corrected chi connectivity index (χ1v) is 8.73. The Hall–Kier alpha value is -2.99. The SMILES string of the molecule is Cc1nn2c(CN(C(=O)CCl)c3ccccc3)nnc2c2ccccc12. The van der Waals surface area contributed by atoms with E-state index in [1.165, 1.54) is 0 Å². The normalized spacial score (nSPS) is 11.2. The van der Waals surface area contributed by atoms with E-state index in [9.17, 15) is 4.79 Å². The molecule has 2 heterocycles. The Balaban J connectivity index is 1.82. The highest BCUT2D eigenvalue weighted by Crippen LogP contribution is 2.22. The number of carbonyl (C=O) groups excluding carboxylic acids is 1. The van der Waals surface area contributed by atoms with E-state index in [2.05, 4.69) is 15.3 Å². The second-order valence-electron chi connectivity index (χ2n) is 5.93. The summed E-state index contributed by atoms with van der Waals surface area (Å²) in [5, 5.41) is 15.2. The van der Waals surface area contributed by atoms with E-state index in [0.717, 1.165) is 22.2 Å². The van der Waals surface area contributed by atoms with Gasteiger partial charge in [0.1, 0.15) is 5.88 Å². The molecule has 0 saturated carbocycles. The lowest BCUT2D eigenvalue weighted by Gasteiger charge is -2.20. The fourth-order valence-electron chi connectivity index (χ4n) is 3.03. The number of hydrogen-bond donors (Lipinski definition) is 0. The fourth-order valence-corrected chi connectivity index (χ4v) is 3.17. The number of aryl methyl sites for hydroxylation is 1. The summed E-state index contributed by atoms with van der Waals surface area (Å²) in [6.07, 6.45) is 0. The highest BCUT2D eigenvalue weighted by atomic mass is 35.5. The summed E-state index contributed by atoms with van der Waals surface area (Å²) in [5.74, 6) is 0.268. The van der Waals surface area contributed by atoms with Crippen molar-refractivity contribution in [1.29, 1.82) is 0 Å². The molecule has 4 rings (SSSR count). The average Bonchev–Trinajstić information content (AvgIpc) is 3.09. The number of alkyl halides is 1. The van der Waals surface area contributed by atoms with E-state index in [4.69, 9.17) is 11.6 Å². The summed E-state index contributed by atoms with van der Waals surface area (Å²) >= 11 is 5.81. The molecule has 0 spiro atoms. The smallest absolute Gasteiger partial charge is 0.242 e. The number of anilines is 1. The fraction of sp³-hybridized carbons (Fsp3) is 0.158. The first-order chi connectivity index (χ1) is 12.7. The molecule has 0 aliphatic rings. The molecule has 0 aliphatic carbocycles. The zero-order chi connectivity index (χ0) is 18.1. The lowest BCUT2D eigenvalue weighted by atomic mass is 10.1. The van der Waals surface area contributed by atoms with Crippen LogP contribution in [0.15, 0.2) is 54.6 Å². The van der Waals surface area contributed by atoms with E-state index >= 15 is 0 Å². The summed E-state index contributed by atoms with van der Waals surface area (Å²) in [5.41, 5.74) is 2.31. The number of rotatable bonds is 4. The van der Waals surface area contributed by atoms with Gasteiger partial charge in [0.2, 0.25) is 5.91 Å². The molecule has 0 N–H and O–H groups in total.